The van der Waals surface area contributed by atoms with Gasteiger partial charge in [0.05, 0.1) is 5.39 Å². The van der Waals surface area contributed by atoms with Crippen LogP contribution in [0.1, 0.15) is 6.92 Å². The Morgan fingerprint density at radius 2 is 1.81 bits per heavy atom. The van der Waals surface area contributed by atoms with Gasteiger partial charge in [-0.25, -0.2) is 4.79 Å². The van der Waals surface area contributed by atoms with Crippen LogP contribution >= 0.6 is 0 Å². The number of ether oxygens (including phenoxy) is 1. The monoisotopic (exact) mass is 377 g/mol. The van der Waals surface area contributed by atoms with Gasteiger partial charge < -0.3 is 18.9 Å². The summed E-state index contributed by atoms with van der Waals surface area (Å²) in [6, 6.07) is 8.13. The van der Waals surface area contributed by atoms with E-state index in [1.807, 2.05) is 0 Å². The highest BCUT2D eigenvalue weighted by Crippen LogP contribution is 2.35. The lowest BCUT2D eigenvalue weighted by Gasteiger charge is -2.08. The van der Waals surface area contributed by atoms with Crippen molar-refractivity contribution in [2.24, 2.45) is 0 Å². The molecule has 2 aromatic heterocycles. The molecule has 1 amide bonds. The lowest BCUT2D eigenvalue weighted by atomic mass is 10.1. The van der Waals surface area contributed by atoms with Gasteiger partial charge in [-0.2, -0.15) is 0 Å². The van der Waals surface area contributed by atoms with Gasteiger partial charge in [0.1, 0.15) is 22.3 Å². The van der Waals surface area contributed by atoms with Gasteiger partial charge in [-0.05, 0) is 30.3 Å². The second-order valence-corrected chi connectivity index (χ2v) is 5.79. The summed E-state index contributed by atoms with van der Waals surface area (Å²) in [6.07, 6.45) is -4.86. The largest absolute Gasteiger partial charge is 0.573 e. The van der Waals surface area contributed by atoms with E-state index in [1.54, 1.807) is 18.2 Å². The van der Waals surface area contributed by atoms with Crippen LogP contribution in [-0.2, 0) is 4.79 Å². The number of benzene rings is 2. The minimum atomic E-state index is -4.86. The van der Waals surface area contributed by atoms with Crippen LogP contribution in [0, 0.1) is 0 Å². The quantitative estimate of drug-likeness (QED) is 0.518. The first-order valence-corrected chi connectivity index (χ1v) is 7.68. The van der Waals surface area contributed by atoms with E-state index in [1.165, 1.54) is 13.0 Å². The van der Waals surface area contributed by atoms with Crippen molar-refractivity contribution in [1.29, 1.82) is 0 Å². The molecule has 4 aromatic rings. The maximum absolute atomic E-state index is 12.4. The Kier molecular flexibility index (Phi) is 3.62. The summed E-state index contributed by atoms with van der Waals surface area (Å²) in [5.74, 6) is -0.793. The third kappa shape index (κ3) is 3.07. The number of alkyl halides is 3. The van der Waals surface area contributed by atoms with Crippen LogP contribution in [0.2, 0.25) is 0 Å². The summed E-state index contributed by atoms with van der Waals surface area (Å²) < 4.78 is 51.9. The SMILES string of the molecule is CC(=O)Nc1ccc2oc3c4ccc(OC(F)(F)F)cc4oc(=O)c3c2c1. The standard InChI is InChI=1S/C18H10F3NO5/c1-8(23)22-9-2-5-13-12(6-9)15-16(25-13)11-4-3-10(27-18(19,20)21)7-14(11)26-17(15)24/h2-7H,1H3,(H,22,23). The van der Waals surface area contributed by atoms with Crippen molar-refractivity contribution in [2.75, 3.05) is 5.32 Å². The molecule has 0 saturated heterocycles. The molecule has 0 atom stereocenters. The topological polar surface area (TPSA) is 81.7 Å². The van der Waals surface area contributed by atoms with E-state index in [2.05, 4.69) is 10.1 Å². The molecule has 0 fully saturated rings. The minimum Gasteiger partial charge on any atom is -0.455 e. The molecule has 0 bridgehead atoms. The van der Waals surface area contributed by atoms with Crippen LogP contribution in [-0.4, -0.2) is 12.3 Å². The van der Waals surface area contributed by atoms with Crippen LogP contribution in [0.3, 0.4) is 0 Å². The third-order valence-corrected chi connectivity index (χ3v) is 3.85. The third-order valence-electron chi connectivity index (χ3n) is 3.85. The lowest BCUT2D eigenvalue weighted by Crippen LogP contribution is -2.17. The molecule has 0 aliphatic rings. The van der Waals surface area contributed by atoms with Gasteiger partial charge in [-0.3, -0.25) is 4.79 Å². The number of furan rings is 1. The molecule has 138 valence electrons. The molecule has 2 aromatic carbocycles. The van der Waals surface area contributed by atoms with Crippen molar-refractivity contribution >= 4 is 44.5 Å². The Balaban J connectivity index is 1.96. The van der Waals surface area contributed by atoms with Crippen LogP contribution in [0.5, 0.6) is 5.75 Å². The summed E-state index contributed by atoms with van der Waals surface area (Å²) in [7, 11) is 0. The predicted octanol–water partition coefficient (Wildman–Crippen LogP) is 4.55. The number of hydrogen-bond acceptors (Lipinski definition) is 5. The molecule has 1 N–H and O–H groups in total. The van der Waals surface area contributed by atoms with Crippen LogP contribution in [0.25, 0.3) is 32.9 Å². The van der Waals surface area contributed by atoms with Gasteiger partial charge in [0.2, 0.25) is 5.91 Å². The maximum Gasteiger partial charge on any atom is 0.573 e. The molecule has 2 heterocycles. The molecule has 0 radical (unpaired) electrons. The Hall–Kier alpha value is -3.49. The Labute approximate surface area is 148 Å². The average Bonchev–Trinajstić information content (AvgIpc) is 2.92. The van der Waals surface area contributed by atoms with E-state index in [0.717, 1.165) is 12.1 Å². The van der Waals surface area contributed by atoms with Crippen molar-refractivity contribution in [3.63, 3.8) is 0 Å². The first-order valence-electron chi connectivity index (χ1n) is 7.68. The molecule has 0 aliphatic carbocycles. The molecule has 0 unspecified atom stereocenters. The minimum absolute atomic E-state index is 0.101. The van der Waals surface area contributed by atoms with E-state index in [0.29, 0.717) is 22.0 Å². The van der Waals surface area contributed by atoms with Crippen molar-refractivity contribution in [3.05, 3.63) is 46.8 Å². The van der Waals surface area contributed by atoms with Crippen LogP contribution < -0.4 is 15.7 Å². The molecule has 0 aliphatic heterocycles. The molecule has 6 nitrogen and oxygen atoms in total. The van der Waals surface area contributed by atoms with Crippen molar-refractivity contribution in [2.45, 2.75) is 13.3 Å². The summed E-state index contributed by atoms with van der Waals surface area (Å²) in [5, 5.41) is 3.47. The van der Waals surface area contributed by atoms with E-state index in [-0.39, 0.29) is 22.5 Å². The van der Waals surface area contributed by atoms with Gasteiger partial charge in [0.25, 0.3) is 0 Å². The molecular formula is C18H10F3NO5. The fourth-order valence-electron chi connectivity index (χ4n) is 2.89. The van der Waals surface area contributed by atoms with E-state index in [4.69, 9.17) is 8.83 Å². The summed E-state index contributed by atoms with van der Waals surface area (Å²) in [6.45, 7) is 1.35. The molecule has 27 heavy (non-hydrogen) atoms. The fraction of sp³-hybridized carbons (Fsp3) is 0.111. The van der Waals surface area contributed by atoms with E-state index < -0.39 is 17.7 Å². The lowest BCUT2D eigenvalue weighted by molar-refractivity contribution is -0.274. The first-order chi connectivity index (χ1) is 12.7. The summed E-state index contributed by atoms with van der Waals surface area (Å²) in [5.41, 5.74) is 0.131. The Morgan fingerprint density at radius 3 is 2.52 bits per heavy atom. The number of carbonyl (C=O) groups is 1. The van der Waals surface area contributed by atoms with E-state index >= 15 is 0 Å². The normalized spacial score (nSPS) is 12.0. The van der Waals surface area contributed by atoms with Crippen LogP contribution in [0.15, 0.2) is 50.0 Å². The maximum atomic E-state index is 12.4. The zero-order valence-electron chi connectivity index (χ0n) is 13.6. The van der Waals surface area contributed by atoms with Crippen molar-refractivity contribution in [3.8, 4) is 5.75 Å². The second-order valence-electron chi connectivity index (χ2n) is 5.79. The number of nitrogens with one attached hydrogen (secondary N) is 1. The first kappa shape index (κ1) is 17.0. The number of fused-ring (bicyclic) bond motifs is 5. The highest BCUT2D eigenvalue weighted by atomic mass is 19.4. The number of anilines is 1. The second kappa shape index (κ2) is 5.76. The number of amides is 1. The van der Waals surface area contributed by atoms with Crippen molar-refractivity contribution in [1.82, 2.24) is 0 Å². The average molecular weight is 377 g/mol. The van der Waals surface area contributed by atoms with Gasteiger partial charge in [-0.1, -0.05) is 0 Å². The molecule has 9 heteroatoms. The highest BCUT2D eigenvalue weighted by Gasteiger charge is 2.31. The molecule has 0 saturated carbocycles. The summed E-state index contributed by atoms with van der Waals surface area (Å²) >= 11 is 0. The van der Waals surface area contributed by atoms with Gasteiger partial charge in [-0.15, -0.1) is 13.2 Å². The number of hydrogen-bond donors (Lipinski definition) is 1. The number of halogens is 3. The predicted molar refractivity (Wildman–Crippen MR) is 90.7 cm³/mol. The Morgan fingerprint density at radius 1 is 1.04 bits per heavy atom. The van der Waals surface area contributed by atoms with E-state index in [9.17, 15) is 22.8 Å². The van der Waals surface area contributed by atoms with Gasteiger partial charge in [0, 0.05) is 24.1 Å². The molecular weight excluding hydrogens is 367 g/mol. The number of carbonyl (C=O) groups excluding carboxylic acids is 1. The molecule has 4 rings (SSSR count). The van der Waals surface area contributed by atoms with Gasteiger partial charge >= 0.3 is 12.0 Å². The zero-order valence-corrected chi connectivity index (χ0v) is 13.6. The molecule has 0 spiro atoms. The van der Waals surface area contributed by atoms with Gasteiger partial charge in [0.15, 0.2) is 5.58 Å². The van der Waals surface area contributed by atoms with Crippen LogP contribution in [0.4, 0.5) is 18.9 Å². The Bertz CT molecular complexity index is 1270. The zero-order chi connectivity index (χ0) is 19.3. The summed E-state index contributed by atoms with van der Waals surface area (Å²) in [4.78, 5) is 23.6. The smallest absolute Gasteiger partial charge is 0.455 e. The fourth-order valence-corrected chi connectivity index (χ4v) is 2.89. The van der Waals surface area contributed by atoms with Crippen molar-refractivity contribution < 1.29 is 31.5 Å². The number of rotatable bonds is 2. The highest BCUT2D eigenvalue weighted by molar-refractivity contribution is 6.13.